The SMILES string of the molecule is CC(C)[C@H](C(=O)N[C@@H](C)c1ccccc1Cl)N1CCCS1(=O)=O. The van der Waals surface area contributed by atoms with Crippen molar-refractivity contribution in [1.29, 1.82) is 0 Å². The Hall–Kier alpha value is -1.11. The fourth-order valence-corrected chi connectivity index (χ4v) is 5.06. The number of carbonyl (C=O) groups is 1. The van der Waals surface area contributed by atoms with Crippen LogP contribution in [0.25, 0.3) is 0 Å². The summed E-state index contributed by atoms with van der Waals surface area (Å²) in [6, 6.07) is 6.33. The Morgan fingerprint density at radius 3 is 2.43 bits per heavy atom. The second kappa shape index (κ2) is 7.20. The van der Waals surface area contributed by atoms with E-state index in [1.807, 2.05) is 39.0 Å². The Kier molecular flexibility index (Phi) is 5.70. The first-order valence-electron chi connectivity index (χ1n) is 7.78. The van der Waals surface area contributed by atoms with Crippen molar-refractivity contribution in [3.8, 4) is 0 Å². The van der Waals surface area contributed by atoms with Crippen LogP contribution in [0.3, 0.4) is 0 Å². The molecular weight excluding hydrogens is 336 g/mol. The van der Waals surface area contributed by atoms with Crippen LogP contribution in [-0.2, 0) is 14.8 Å². The lowest BCUT2D eigenvalue weighted by Crippen LogP contribution is -2.50. The maximum atomic E-state index is 12.7. The van der Waals surface area contributed by atoms with Crippen molar-refractivity contribution in [2.24, 2.45) is 5.92 Å². The fraction of sp³-hybridized carbons (Fsp3) is 0.562. The third kappa shape index (κ3) is 4.05. The first-order chi connectivity index (χ1) is 10.7. The molecule has 0 unspecified atom stereocenters. The zero-order valence-electron chi connectivity index (χ0n) is 13.6. The second-order valence-corrected chi connectivity index (χ2v) is 8.67. The van der Waals surface area contributed by atoms with E-state index in [0.717, 1.165) is 5.56 Å². The van der Waals surface area contributed by atoms with Gasteiger partial charge >= 0.3 is 0 Å². The Morgan fingerprint density at radius 1 is 1.26 bits per heavy atom. The number of hydrogen-bond acceptors (Lipinski definition) is 3. The average Bonchev–Trinajstić information content (AvgIpc) is 2.78. The number of halogens is 1. The minimum Gasteiger partial charge on any atom is -0.348 e. The summed E-state index contributed by atoms with van der Waals surface area (Å²) in [5, 5.41) is 3.48. The Bertz CT molecular complexity index is 676. The van der Waals surface area contributed by atoms with Crippen molar-refractivity contribution >= 4 is 27.5 Å². The number of amides is 1. The van der Waals surface area contributed by atoms with Gasteiger partial charge in [-0.15, -0.1) is 0 Å². The van der Waals surface area contributed by atoms with Gasteiger partial charge in [0.1, 0.15) is 6.04 Å². The number of nitrogens with one attached hydrogen (secondary N) is 1. The van der Waals surface area contributed by atoms with E-state index in [4.69, 9.17) is 11.6 Å². The zero-order valence-corrected chi connectivity index (χ0v) is 15.2. The van der Waals surface area contributed by atoms with Crippen molar-refractivity contribution in [2.75, 3.05) is 12.3 Å². The van der Waals surface area contributed by atoms with Gasteiger partial charge in [-0.1, -0.05) is 43.6 Å². The summed E-state index contributed by atoms with van der Waals surface area (Å²) in [7, 11) is -3.34. The lowest BCUT2D eigenvalue weighted by atomic mass is 10.0. The maximum absolute atomic E-state index is 12.7. The lowest BCUT2D eigenvalue weighted by Gasteiger charge is -2.30. The Labute approximate surface area is 143 Å². The van der Waals surface area contributed by atoms with E-state index in [-0.39, 0.29) is 23.6 Å². The van der Waals surface area contributed by atoms with Gasteiger partial charge in [-0.3, -0.25) is 4.79 Å². The van der Waals surface area contributed by atoms with Gasteiger partial charge in [0.15, 0.2) is 0 Å². The molecule has 0 radical (unpaired) electrons. The molecule has 1 amide bonds. The van der Waals surface area contributed by atoms with Crippen LogP contribution in [0.4, 0.5) is 0 Å². The molecule has 0 saturated carbocycles. The van der Waals surface area contributed by atoms with Gasteiger partial charge in [0.05, 0.1) is 11.8 Å². The number of rotatable bonds is 5. The average molecular weight is 359 g/mol. The molecule has 1 N–H and O–H groups in total. The lowest BCUT2D eigenvalue weighted by molar-refractivity contribution is -0.126. The molecule has 1 aromatic carbocycles. The van der Waals surface area contributed by atoms with Crippen molar-refractivity contribution in [1.82, 2.24) is 9.62 Å². The first-order valence-corrected chi connectivity index (χ1v) is 9.77. The van der Waals surface area contributed by atoms with Gasteiger partial charge in [-0.05, 0) is 30.9 Å². The molecule has 1 aromatic rings. The number of hydrogen-bond donors (Lipinski definition) is 1. The molecular formula is C16H23ClN2O3S. The fourth-order valence-electron chi connectivity index (χ4n) is 2.94. The smallest absolute Gasteiger partial charge is 0.239 e. The van der Waals surface area contributed by atoms with Crippen LogP contribution in [0, 0.1) is 5.92 Å². The Balaban J connectivity index is 2.18. The third-order valence-corrected chi connectivity index (χ3v) is 6.35. The van der Waals surface area contributed by atoms with Crippen LogP contribution in [0.5, 0.6) is 0 Å². The van der Waals surface area contributed by atoms with Crippen LogP contribution in [0.15, 0.2) is 24.3 Å². The van der Waals surface area contributed by atoms with Gasteiger partial charge in [0, 0.05) is 11.6 Å². The van der Waals surface area contributed by atoms with E-state index in [1.165, 1.54) is 4.31 Å². The molecule has 2 rings (SSSR count). The monoisotopic (exact) mass is 358 g/mol. The first kappa shape index (κ1) is 18.2. The van der Waals surface area contributed by atoms with Gasteiger partial charge in [-0.2, -0.15) is 4.31 Å². The highest BCUT2D eigenvalue weighted by Crippen LogP contribution is 2.25. The molecule has 1 aliphatic heterocycles. The summed E-state index contributed by atoms with van der Waals surface area (Å²) in [5.41, 5.74) is 0.814. The predicted octanol–water partition coefficient (Wildman–Crippen LogP) is 2.58. The highest BCUT2D eigenvalue weighted by atomic mass is 35.5. The molecule has 0 aliphatic carbocycles. The summed E-state index contributed by atoms with van der Waals surface area (Å²) in [5.74, 6) is -0.275. The Morgan fingerprint density at radius 2 is 1.91 bits per heavy atom. The third-order valence-electron chi connectivity index (χ3n) is 4.08. The van der Waals surface area contributed by atoms with Crippen molar-refractivity contribution in [3.63, 3.8) is 0 Å². The van der Waals surface area contributed by atoms with Crippen LogP contribution in [0.2, 0.25) is 5.02 Å². The summed E-state index contributed by atoms with van der Waals surface area (Å²) >= 11 is 6.16. The highest BCUT2D eigenvalue weighted by molar-refractivity contribution is 7.89. The summed E-state index contributed by atoms with van der Waals surface area (Å²) in [6.07, 6.45) is 0.568. The number of benzene rings is 1. The molecule has 7 heteroatoms. The van der Waals surface area contributed by atoms with Crippen molar-refractivity contribution in [2.45, 2.75) is 39.3 Å². The van der Waals surface area contributed by atoms with E-state index < -0.39 is 16.1 Å². The minimum absolute atomic E-state index is 0.110. The van der Waals surface area contributed by atoms with E-state index in [9.17, 15) is 13.2 Å². The molecule has 1 fully saturated rings. The van der Waals surface area contributed by atoms with Crippen molar-refractivity contribution < 1.29 is 13.2 Å². The van der Waals surface area contributed by atoms with E-state index in [2.05, 4.69) is 5.32 Å². The van der Waals surface area contributed by atoms with Crippen LogP contribution in [0.1, 0.15) is 38.8 Å². The van der Waals surface area contributed by atoms with E-state index in [0.29, 0.717) is 18.0 Å². The number of carbonyl (C=O) groups excluding carboxylic acids is 1. The van der Waals surface area contributed by atoms with Gasteiger partial charge in [0.25, 0.3) is 0 Å². The highest BCUT2D eigenvalue weighted by Gasteiger charge is 2.40. The van der Waals surface area contributed by atoms with Crippen molar-refractivity contribution in [3.05, 3.63) is 34.9 Å². The molecule has 128 valence electrons. The van der Waals surface area contributed by atoms with Crippen LogP contribution < -0.4 is 5.32 Å². The zero-order chi connectivity index (χ0) is 17.2. The minimum atomic E-state index is -3.34. The van der Waals surface area contributed by atoms with Crippen LogP contribution in [-0.4, -0.2) is 37.0 Å². The predicted molar refractivity (Wildman–Crippen MR) is 91.7 cm³/mol. The van der Waals surface area contributed by atoms with Gasteiger partial charge in [-0.25, -0.2) is 8.42 Å². The largest absolute Gasteiger partial charge is 0.348 e. The number of sulfonamides is 1. The molecule has 1 aliphatic rings. The van der Waals surface area contributed by atoms with Gasteiger partial charge in [0.2, 0.25) is 15.9 Å². The molecule has 2 atom stereocenters. The van der Waals surface area contributed by atoms with Gasteiger partial charge < -0.3 is 5.32 Å². The normalized spacial score (nSPS) is 20.4. The molecule has 0 bridgehead atoms. The summed E-state index contributed by atoms with van der Waals surface area (Å²) in [6.45, 7) is 5.96. The summed E-state index contributed by atoms with van der Waals surface area (Å²) in [4.78, 5) is 12.7. The topological polar surface area (TPSA) is 66.5 Å². The number of nitrogens with zero attached hydrogens (tertiary/aromatic N) is 1. The summed E-state index contributed by atoms with van der Waals surface area (Å²) < 4.78 is 25.6. The van der Waals surface area contributed by atoms with Crippen LogP contribution >= 0.6 is 11.6 Å². The molecule has 23 heavy (non-hydrogen) atoms. The maximum Gasteiger partial charge on any atom is 0.239 e. The quantitative estimate of drug-likeness (QED) is 0.879. The molecule has 0 aromatic heterocycles. The molecule has 1 heterocycles. The van der Waals surface area contributed by atoms with E-state index in [1.54, 1.807) is 6.07 Å². The molecule has 1 saturated heterocycles. The molecule has 5 nitrogen and oxygen atoms in total. The molecule has 0 spiro atoms. The van der Waals surface area contributed by atoms with E-state index >= 15 is 0 Å². The standard InChI is InChI=1S/C16H23ClN2O3S/c1-11(2)15(19-9-6-10-23(19,21)22)16(20)18-12(3)13-7-4-5-8-14(13)17/h4-5,7-8,11-12,15H,6,9-10H2,1-3H3,(H,18,20)/t12-,15+/m0/s1. The second-order valence-electron chi connectivity index (χ2n) is 6.22.